The Balaban J connectivity index is 1.83. The molecule has 1 aromatic heterocycles. The minimum Gasteiger partial charge on any atom is -0.545 e. The molecule has 2 amide bonds. The largest absolute Gasteiger partial charge is 0.545 e. The highest BCUT2D eigenvalue weighted by Crippen LogP contribution is 2.34. The number of amides is 2. The lowest BCUT2D eigenvalue weighted by Gasteiger charge is -2.15. The number of nitro groups is 1. The maximum absolute atomic E-state index is 12.6. The van der Waals surface area contributed by atoms with Crippen LogP contribution >= 0.6 is 11.8 Å². The molecule has 1 saturated heterocycles. The van der Waals surface area contributed by atoms with Crippen molar-refractivity contribution in [2.24, 2.45) is 0 Å². The number of pyridine rings is 1. The molecule has 3 rings (SSSR count). The molecule has 1 aromatic carbocycles. The fourth-order valence-corrected chi connectivity index (χ4v) is 3.57. The number of carbonyl (C=O) groups is 3. The molecule has 0 radical (unpaired) electrons. The van der Waals surface area contributed by atoms with Crippen molar-refractivity contribution in [1.29, 1.82) is 0 Å². The van der Waals surface area contributed by atoms with Crippen LogP contribution in [-0.2, 0) is 9.59 Å². The van der Waals surface area contributed by atoms with Crippen LogP contribution < -0.4 is 10.0 Å². The van der Waals surface area contributed by atoms with Gasteiger partial charge >= 0.3 is 0 Å². The first kappa shape index (κ1) is 17.5. The molecule has 9 nitrogen and oxygen atoms in total. The monoisotopic (exact) mass is 372 g/mol. The number of hydrogen-bond acceptors (Lipinski definition) is 8. The molecule has 0 aliphatic carbocycles. The van der Waals surface area contributed by atoms with Crippen LogP contribution in [0.1, 0.15) is 16.8 Å². The molecule has 1 aliphatic rings. The number of benzene rings is 1. The number of carboxylic acid groups (broad SMARTS) is 1. The average Bonchev–Trinajstić information content (AvgIpc) is 2.89. The predicted molar refractivity (Wildman–Crippen MR) is 88.4 cm³/mol. The second-order valence-electron chi connectivity index (χ2n) is 5.30. The zero-order valence-electron chi connectivity index (χ0n) is 13.0. The third-order valence-corrected chi connectivity index (χ3v) is 4.87. The first-order valence-electron chi connectivity index (χ1n) is 7.32. The lowest BCUT2D eigenvalue weighted by Crippen LogP contribution is -2.31. The van der Waals surface area contributed by atoms with Crippen molar-refractivity contribution in [3.63, 3.8) is 0 Å². The van der Waals surface area contributed by atoms with Crippen LogP contribution in [0.3, 0.4) is 0 Å². The van der Waals surface area contributed by atoms with Crippen LogP contribution in [0, 0.1) is 10.1 Å². The number of carboxylic acids is 1. The lowest BCUT2D eigenvalue weighted by molar-refractivity contribution is -0.384. The predicted octanol–water partition coefficient (Wildman–Crippen LogP) is 0.777. The summed E-state index contributed by atoms with van der Waals surface area (Å²) in [5.74, 6) is -2.44. The van der Waals surface area contributed by atoms with Crippen molar-refractivity contribution in [2.75, 3.05) is 4.90 Å². The highest BCUT2D eigenvalue weighted by atomic mass is 32.2. The Morgan fingerprint density at radius 1 is 1.23 bits per heavy atom. The molecule has 132 valence electrons. The number of nitrogens with zero attached hydrogens (tertiary/aromatic N) is 3. The molecular weight excluding hydrogens is 362 g/mol. The van der Waals surface area contributed by atoms with Gasteiger partial charge in [0, 0.05) is 30.3 Å². The van der Waals surface area contributed by atoms with Gasteiger partial charge in [-0.05, 0) is 24.3 Å². The Labute approximate surface area is 150 Å². The molecule has 2 aromatic rings. The van der Waals surface area contributed by atoms with Gasteiger partial charge < -0.3 is 9.90 Å². The van der Waals surface area contributed by atoms with E-state index < -0.39 is 28.0 Å². The fraction of sp³-hybridized carbons (Fsp3) is 0.125. The van der Waals surface area contributed by atoms with E-state index in [0.717, 1.165) is 16.7 Å². The quantitative estimate of drug-likeness (QED) is 0.427. The van der Waals surface area contributed by atoms with Crippen molar-refractivity contribution in [3.8, 4) is 0 Å². The van der Waals surface area contributed by atoms with Gasteiger partial charge in [-0.1, -0.05) is 11.8 Å². The minimum atomic E-state index is -1.43. The van der Waals surface area contributed by atoms with Gasteiger partial charge in [-0.2, -0.15) is 0 Å². The zero-order chi connectivity index (χ0) is 18.8. The number of rotatable bonds is 5. The number of thioether (sulfide) groups is 1. The average molecular weight is 372 g/mol. The first-order chi connectivity index (χ1) is 12.4. The molecule has 1 aliphatic heterocycles. The topological polar surface area (TPSA) is 134 Å². The molecule has 2 heterocycles. The number of non-ortho nitro benzene ring substituents is 1. The summed E-state index contributed by atoms with van der Waals surface area (Å²) in [6.45, 7) is 0. The molecular formula is C16H10N3O6S-. The first-order valence-corrected chi connectivity index (χ1v) is 8.20. The molecule has 10 heteroatoms. The third kappa shape index (κ3) is 3.26. The number of nitro benzene ring substituents is 1. The molecule has 1 atom stereocenters. The highest BCUT2D eigenvalue weighted by Gasteiger charge is 2.40. The van der Waals surface area contributed by atoms with Gasteiger partial charge in [-0.3, -0.25) is 19.7 Å². The second-order valence-corrected chi connectivity index (χ2v) is 6.49. The second kappa shape index (κ2) is 6.92. The van der Waals surface area contributed by atoms with E-state index >= 15 is 0 Å². The smallest absolute Gasteiger partial charge is 0.269 e. The van der Waals surface area contributed by atoms with Crippen LogP contribution in [0.5, 0.6) is 0 Å². The van der Waals surface area contributed by atoms with Crippen LogP contribution in [0.4, 0.5) is 11.4 Å². The van der Waals surface area contributed by atoms with E-state index in [-0.39, 0.29) is 28.4 Å². The summed E-state index contributed by atoms with van der Waals surface area (Å²) >= 11 is 0.872. The zero-order valence-corrected chi connectivity index (χ0v) is 13.8. The molecule has 0 saturated carbocycles. The Morgan fingerprint density at radius 3 is 2.54 bits per heavy atom. The van der Waals surface area contributed by atoms with Crippen molar-refractivity contribution in [3.05, 3.63) is 58.3 Å². The van der Waals surface area contributed by atoms with Gasteiger partial charge in [-0.25, -0.2) is 9.88 Å². The number of anilines is 1. The normalized spacial score (nSPS) is 16.8. The number of imide groups is 1. The van der Waals surface area contributed by atoms with Gasteiger partial charge in [-0.15, -0.1) is 0 Å². The fourth-order valence-electron chi connectivity index (χ4n) is 2.47. The van der Waals surface area contributed by atoms with Crippen molar-refractivity contribution in [2.45, 2.75) is 16.7 Å². The summed E-state index contributed by atoms with van der Waals surface area (Å²) < 4.78 is 0. The van der Waals surface area contributed by atoms with E-state index in [1.54, 1.807) is 0 Å². The van der Waals surface area contributed by atoms with Crippen molar-refractivity contribution in [1.82, 2.24) is 4.98 Å². The van der Waals surface area contributed by atoms with E-state index in [9.17, 15) is 29.6 Å². The standard InChI is InChI=1S/C16H11N3O6S/c20-13-8-12(26-14-11(16(22)23)2-1-7-17-14)15(21)18(13)9-3-5-10(6-4-9)19(24)25/h1-7,12H,8H2,(H,22,23)/p-1/t12-/m0/s1. The summed E-state index contributed by atoms with van der Waals surface area (Å²) in [7, 11) is 0. The maximum atomic E-state index is 12.6. The van der Waals surface area contributed by atoms with Crippen LogP contribution in [-0.4, -0.2) is 32.9 Å². The van der Waals surface area contributed by atoms with E-state index in [0.29, 0.717) is 0 Å². The molecule has 0 spiro atoms. The number of aromatic carboxylic acids is 1. The van der Waals surface area contributed by atoms with Crippen LogP contribution in [0.2, 0.25) is 0 Å². The van der Waals surface area contributed by atoms with Crippen LogP contribution in [0.25, 0.3) is 0 Å². The molecule has 0 bridgehead atoms. The molecule has 0 N–H and O–H groups in total. The minimum absolute atomic E-state index is 0.0872. The van der Waals surface area contributed by atoms with E-state index in [1.165, 1.54) is 42.6 Å². The number of aromatic nitrogens is 1. The van der Waals surface area contributed by atoms with E-state index in [1.807, 2.05) is 0 Å². The lowest BCUT2D eigenvalue weighted by atomic mass is 10.2. The SMILES string of the molecule is O=C([O-])c1cccnc1S[C@H]1CC(=O)N(c2ccc([N+](=O)[O-])cc2)C1=O. The Hall–Kier alpha value is -3.27. The summed E-state index contributed by atoms with van der Waals surface area (Å²) in [5, 5.41) is 21.1. The number of carbonyl (C=O) groups excluding carboxylic acids is 3. The Morgan fingerprint density at radius 2 is 1.92 bits per heavy atom. The molecule has 1 fully saturated rings. The van der Waals surface area contributed by atoms with Crippen molar-refractivity contribution >= 4 is 40.9 Å². The van der Waals surface area contributed by atoms with E-state index in [2.05, 4.69) is 4.98 Å². The van der Waals surface area contributed by atoms with Crippen LogP contribution in [0.15, 0.2) is 47.6 Å². The van der Waals surface area contributed by atoms with Crippen molar-refractivity contribution < 1.29 is 24.4 Å². The molecule has 0 unspecified atom stereocenters. The number of hydrogen-bond donors (Lipinski definition) is 0. The summed E-state index contributed by atoms with van der Waals surface area (Å²) in [6, 6.07) is 7.76. The summed E-state index contributed by atoms with van der Waals surface area (Å²) in [6.07, 6.45) is 1.24. The van der Waals surface area contributed by atoms with Gasteiger partial charge in [0.05, 0.1) is 21.8 Å². The third-order valence-electron chi connectivity index (χ3n) is 3.67. The Kier molecular flexibility index (Phi) is 4.67. The summed E-state index contributed by atoms with van der Waals surface area (Å²) in [4.78, 5) is 50.9. The Bertz CT molecular complexity index is 914. The maximum Gasteiger partial charge on any atom is 0.269 e. The van der Waals surface area contributed by atoms with Gasteiger partial charge in [0.15, 0.2) is 0 Å². The summed E-state index contributed by atoms with van der Waals surface area (Å²) in [5.41, 5.74) is -0.104. The van der Waals surface area contributed by atoms with Gasteiger partial charge in [0.25, 0.3) is 5.69 Å². The van der Waals surface area contributed by atoms with E-state index in [4.69, 9.17) is 0 Å². The highest BCUT2D eigenvalue weighted by molar-refractivity contribution is 8.00. The van der Waals surface area contributed by atoms with Gasteiger partial charge in [0.1, 0.15) is 5.03 Å². The molecule has 26 heavy (non-hydrogen) atoms. The van der Waals surface area contributed by atoms with Gasteiger partial charge in [0.2, 0.25) is 11.8 Å².